The molecule has 0 radical (unpaired) electrons. The molecule has 0 saturated heterocycles. The van der Waals surface area contributed by atoms with E-state index in [1.807, 2.05) is 17.1 Å². The molecular formula is C18H39O3PSi3. The first-order chi connectivity index (χ1) is 11.8. The molecule has 0 aliphatic carbocycles. The van der Waals surface area contributed by atoms with Crippen molar-refractivity contribution in [3.8, 4) is 0 Å². The minimum Gasteiger partial charge on any atom is -0.351 e. The average Bonchev–Trinajstić information content (AvgIpc) is 2.68. The number of hydrogen-bond acceptors (Lipinski definition) is 3. The highest BCUT2D eigenvalue weighted by Crippen LogP contribution is 2.51. The van der Waals surface area contributed by atoms with E-state index in [0.29, 0.717) is 0 Å². The lowest BCUT2D eigenvalue weighted by Crippen LogP contribution is -2.40. The van der Waals surface area contributed by atoms with Crippen molar-refractivity contribution in [2.75, 3.05) is 0 Å². The Kier molecular flexibility index (Phi) is 11.9. The molecule has 146 valence electrons. The molecule has 0 aliphatic rings. The molecule has 0 N–H and O–H groups in total. The third-order valence-corrected chi connectivity index (χ3v) is 21.0. The van der Waals surface area contributed by atoms with Crippen molar-refractivity contribution in [3.05, 3.63) is 36.8 Å². The molecule has 0 aliphatic heterocycles. The van der Waals surface area contributed by atoms with Crippen molar-refractivity contribution in [1.29, 1.82) is 0 Å². The van der Waals surface area contributed by atoms with Crippen LogP contribution in [0.1, 0.15) is 41.5 Å². The van der Waals surface area contributed by atoms with Crippen LogP contribution in [0, 0.1) is 0 Å². The highest BCUT2D eigenvalue weighted by Gasteiger charge is 2.42. The summed E-state index contributed by atoms with van der Waals surface area (Å²) in [5, 5.41) is 0. The highest BCUT2D eigenvalue weighted by atomic mass is 31.2. The normalized spacial score (nSPS) is 13.1. The van der Waals surface area contributed by atoms with Gasteiger partial charge in [-0.2, -0.15) is 0 Å². The summed E-state index contributed by atoms with van der Waals surface area (Å²) < 4.78 is 19.9. The molecule has 25 heavy (non-hydrogen) atoms. The fraction of sp³-hybridized carbons (Fsp3) is 0.667. The van der Waals surface area contributed by atoms with Crippen LogP contribution in [0.25, 0.3) is 0 Å². The van der Waals surface area contributed by atoms with Gasteiger partial charge < -0.3 is 12.6 Å². The van der Waals surface area contributed by atoms with E-state index in [1.165, 1.54) is 0 Å². The van der Waals surface area contributed by atoms with Crippen molar-refractivity contribution >= 4 is 33.6 Å². The highest BCUT2D eigenvalue weighted by molar-refractivity contribution is 7.48. The van der Waals surface area contributed by atoms with E-state index >= 15 is 0 Å². The molecule has 0 aromatic carbocycles. The van der Waals surface area contributed by atoms with Gasteiger partial charge in [0, 0.05) is 0 Å². The summed E-state index contributed by atoms with van der Waals surface area (Å²) in [6.45, 7) is 25.3. The molecule has 0 heterocycles. The second-order valence-corrected chi connectivity index (χ2v) is 20.9. The van der Waals surface area contributed by atoms with Gasteiger partial charge in [0.2, 0.25) is 25.0 Å². The molecule has 0 amide bonds. The zero-order chi connectivity index (χ0) is 19.6. The monoisotopic (exact) mass is 418 g/mol. The quantitative estimate of drug-likeness (QED) is 0.205. The van der Waals surface area contributed by atoms with Gasteiger partial charge in [0.1, 0.15) is 0 Å². The molecular weight excluding hydrogens is 379 g/mol. The van der Waals surface area contributed by atoms with Crippen LogP contribution in [0.2, 0.25) is 36.3 Å². The molecule has 0 aromatic heterocycles. The van der Waals surface area contributed by atoms with Gasteiger partial charge in [0.05, 0.1) is 0 Å². The zero-order valence-corrected chi connectivity index (χ0v) is 21.2. The predicted octanol–water partition coefficient (Wildman–Crippen LogP) is 7.39. The van der Waals surface area contributed by atoms with Crippen LogP contribution in [0.15, 0.2) is 36.8 Å². The summed E-state index contributed by atoms with van der Waals surface area (Å²) in [4.78, 5) is 0. The van der Waals surface area contributed by atoms with Crippen LogP contribution in [0.3, 0.4) is 0 Å². The minimum atomic E-state index is -2.04. The minimum absolute atomic E-state index is 0.986. The van der Waals surface area contributed by atoms with E-state index < -0.39 is 33.6 Å². The smallest absolute Gasteiger partial charge is 0.301 e. The SMILES string of the molecule is C=C[Si](CC)(CC)OP(O[Si](C=C)(CC)CC)O[Si](C=C)(CC)CC. The van der Waals surface area contributed by atoms with Crippen LogP contribution in [0.4, 0.5) is 0 Å². The maximum absolute atomic E-state index is 6.62. The Morgan fingerprint density at radius 1 is 0.560 bits per heavy atom. The predicted molar refractivity (Wildman–Crippen MR) is 121 cm³/mol. The van der Waals surface area contributed by atoms with Gasteiger partial charge in [-0.25, -0.2) is 0 Å². The van der Waals surface area contributed by atoms with E-state index in [-0.39, 0.29) is 0 Å². The van der Waals surface area contributed by atoms with E-state index in [0.717, 1.165) is 36.3 Å². The van der Waals surface area contributed by atoms with Crippen molar-refractivity contribution in [3.63, 3.8) is 0 Å². The van der Waals surface area contributed by atoms with E-state index in [9.17, 15) is 0 Å². The maximum Gasteiger partial charge on any atom is 0.301 e. The summed E-state index contributed by atoms with van der Waals surface area (Å²) in [7, 11) is -7.52. The number of rotatable bonds is 15. The molecule has 3 nitrogen and oxygen atoms in total. The van der Waals surface area contributed by atoms with Gasteiger partial charge in [-0.3, -0.25) is 0 Å². The molecule has 0 atom stereocenters. The van der Waals surface area contributed by atoms with E-state index in [1.54, 1.807) is 0 Å². The Labute approximate surface area is 160 Å². The summed E-state index contributed by atoms with van der Waals surface area (Å²) in [6.07, 6.45) is 0. The van der Waals surface area contributed by atoms with Gasteiger partial charge >= 0.3 is 8.60 Å². The van der Waals surface area contributed by atoms with E-state index in [4.69, 9.17) is 12.6 Å². The lowest BCUT2D eigenvalue weighted by Gasteiger charge is -2.38. The molecule has 0 rings (SSSR count). The fourth-order valence-corrected chi connectivity index (χ4v) is 14.9. The molecule has 0 spiro atoms. The third kappa shape index (κ3) is 6.69. The summed E-state index contributed by atoms with van der Waals surface area (Å²) in [6, 6.07) is 5.92. The first kappa shape index (κ1) is 25.2. The maximum atomic E-state index is 6.62. The molecule has 0 bridgehead atoms. The van der Waals surface area contributed by atoms with Crippen molar-refractivity contribution in [2.24, 2.45) is 0 Å². The first-order valence-corrected chi connectivity index (χ1v) is 17.9. The molecule has 0 fully saturated rings. The lowest BCUT2D eigenvalue weighted by atomic mass is 10.9. The molecule has 0 aromatic rings. The molecule has 0 saturated carbocycles. The molecule has 7 heteroatoms. The Morgan fingerprint density at radius 2 is 0.760 bits per heavy atom. The van der Waals surface area contributed by atoms with Gasteiger partial charge in [-0.1, -0.05) is 58.6 Å². The van der Waals surface area contributed by atoms with Crippen molar-refractivity contribution in [1.82, 2.24) is 0 Å². The van der Waals surface area contributed by atoms with E-state index in [2.05, 4.69) is 61.3 Å². The van der Waals surface area contributed by atoms with Crippen LogP contribution < -0.4 is 0 Å². The topological polar surface area (TPSA) is 27.7 Å². The zero-order valence-electron chi connectivity index (χ0n) is 17.3. The van der Waals surface area contributed by atoms with Gasteiger partial charge in [0.15, 0.2) is 0 Å². The summed E-state index contributed by atoms with van der Waals surface area (Å²) >= 11 is 0. The van der Waals surface area contributed by atoms with Gasteiger partial charge in [0.25, 0.3) is 0 Å². The fourth-order valence-electron chi connectivity index (χ4n) is 2.62. The Bertz CT molecular complexity index is 358. The van der Waals surface area contributed by atoms with Gasteiger partial charge in [-0.15, -0.1) is 19.7 Å². The van der Waals surface area contributed by atoms with Crippen LogP contribution >= 0.6 is 8.60 Å². The summed E-state index contributed by atoms with van der Waals surface area (Å²) in [5.74, 6) is 0. The lowest BCUT2D eigenvalue weighted by molar-refractivity contribution is 0.376. The van der Waals surface area contributed by atoms with Crippen molar-refractivity contribution < 1.29 is 12.6 Å². The summed E-state index contributed by atoms with van der Waals surface area (Å²) in [5.41, 5.74) is 6.12. The Morgan fingerprint density at radius 3 is 0.880 bits per heavy atom. The Balaban J connectivity index is 5.75. The van der Waals surface area contributed by atoms with Crippen LogP contribution in [-0.4, -0.2) is 25.0 Å². The third-order valence-electron chi connectivity index (χ3n) is 5.48. The average molecular weight is 419 g/mol. The van der Waals surface area contributed by atoms with Crippen LogP contribution in [0.5, 0.6) is 0 Å². The van der Waals surface area contributed by atoms with Crippen LogP contribution in [-0.2, 0) is 12.6 Å². The second kappa shape index (κ2) is 11.8. The molecule has 0 unspecified atom stereocenters. The van der Waals surface area contributed by atoms with Gasteiger partial charge in [-0.05, 0) is 36.3 Å². The number of hydrogen-bond donors (Lipinski definition) is 0. The second-order valence-electron chi connectivity index (χ2n) is 6.43. The standard InChI is InChI=1S/C18H39O3PSi3/c1-10-23(11-2,12-3)19-22(20-24(13-4,14-5)15-6)21-25(16-7,17-8)18-9/h10,13,16H,1,4,7,11-12,14-15,17-18H2,2-3,5-6,8-9H3. The largest absolute Gasteiger partial charge is 0.351 e. The van der Waals surface area contributed by atoms with Crippen molar-refractivity contribution in [2.45, 2.75) is 77.8 Å². The Hall–Kier alpha value is 0.181. The first-order valence-electron chi connectivity index (χ1n) is 9.61.